The number of fused-ring (bicyclic) bond motifs is 1. The van der Waals surface area contributed by atoms with Crippen LogP contribution >= 0.6 is 23.2 Å². The Kier molecular flexibility index (Phi) is 5.26. The summed E-state index contributed by atoms with van der Waals surface area (Å²) in [6.45, 7) is 1.93. The largest absolute Gasteiger partial charge is 0.452 e. The monoisotopic (exact) mass is 419 g/mol. The van der Waals surface area contributed by atoms with Crippen molar-refractivity contribution in [3.05, 3.63) is 63.3 Å². The first kappa shape index (κ1) is 18.8. The molecular formula is C20H15Cl2NO5. The lowest BCUT2D eigenvalue weighted by atomic mass is 10.1. The number of benzene rings is 2. The number of halogens is 2. The molecule has 2 aromatic rings. The van der Waals surface area contributed by atoms with Crippen LogP contribution < -0.4 is 9.47 Å². The van der Waals surface area contributed by atoms with Gasteiger partial charge in [-0.15, -0.1) is 0 Å². The first-order chi connectivity index (χ1) is 13.5. The minimum Gasteiger partial charge on any atom is -0.452 e. The maximum Gasteiger partial charge on any atom is 0.415 e. The second-order valence-corrected chi connectivity index (χ2v) is 7.05. The Bertz CT molecular complexity index is 983. The highest BCUT2D eigenvalue weighted by molar-refractivity contribution is 6.42. The van der Waals surface area contributed by atoms with Gasteiger partial charge in [-0.25, -0.2) is 4.79 Å². The second kappa shape index (κ2) is 7.83. The van der Waals surface area contributed by atoms with Crippen molar-refractivity contribution >= 4 is 41.2 Å². The molecule has 0 bridgehead atoms. The predicted octanol–water partition coefficient (Wildman–Crippen LogP) is 4.44. The molecule has 2 aliphatic heterocycles. The molecule has 8 heteroatoms. The normalized spacial score (nSPS) is 17.4. The molecule has 144 valence electrons. The summed E-state index contributed by atoms with van der Waals surface area (Å²) in [6.07, 6.45) is 1.13. The number of rotatable bonds is 2. The SMILES string of the molecule is O=C1/C(=C/c2ccc(Cl)c(Cl)c2)Oc2cc(OC(=O)N3CCOCC3)ccc21. The van der Waals surface area contributed by atoms with E-state index in [1.807, 2.05) is 0 Å². The van der Waals surface area contributed by atoms with Gasteiger partial charge >= 0.3 is 6.09 Å². The summed E-state index contributed by atoms with van der Waals surface area (Å²) in [6, 6.07) is 9.70. The van der Waals surface area contributed by atoms with Gasteiger partial charge in [0.2, 0.25) is 5.78 Å². The van der Waals surface area contributed by atoms with E-state index in [0.717, 1.165) is 0 Å². The lowest BCUT2D eigenvalue weighted by Gasteiger charge is -2.25. The number of ketones is 1. The Hall–Kier alpha value is -2.54. The number of nitrogens with zero attached hydrogens (tertiary/aromatic N) is 1. The average molecular weight is 420 g/mol. The van der Waals surface area contributed by atoms with Crippen LogP contribution in [0.3, 0.4) is 0 Å². The van der Waals surface area contributed by atoms with E-state index < -0.39 is 6.09 Å². The van der Waals surface area contributed by atoms with Crippen LogP contribution in [0.5, 0.6) is 11.5 Å². The van der Waals surface area contributed by atoms with Crippen LogP contribution in [0.15, 0.2) is 42.2 Å². The molecule has 4 rings (SSSR count). The van der Waals surface area contributed by atoms with Gasteiger partial charge < -0.3 is 19.1 Å². The number of Topliss-reactive ketones (excluding diaryl/α,β-unsaturated/α-hetero) is 1. The van der Waals surface area contributed by atoms with Gasteiger partial charge in [-0.05, 0) is 35.9 Å². The number of amides is 1. The quantitative estimate of drug-likeness (QED) is 0.673. The Morgan fingerprint density at radius 2 is 1.86 bits per heavy atom. The smallest absolute Gasteiger partial charge is 0.415 e. The Balaban J connectivity index is 1.51. The standard InChI is InChI=1S/C20H15Cl2NO5/c21-15-4-1-12(9-16(15)22)10-18-19(24)14-3-2-13(11-17(14)28-18)27-20(25)23-5-7-26-8-6-23/h1-4,9-11H,5-8H2/b18-10-. The summed E-state index contributed by atoms with van der Waals surface area (Å²) in [4.78, 5) is 26.3. The van der Waals surface area contributed by atoms with Crippen molar-refractivity contribution in [2.75, 3.05) is 26.3 Å². The summed E-state index contributed by atoms with van der Waals surface area (Å²) in [7, 11) is 0. The zero-order valence-corrected chi connectivity index (χ0v) is 16.1. The van der Waals surface area contributed by atoms with E-state index in [1.54, 1.807) is 41.3 Å². The molecule has 2 aliphatic rings. The molecule has 0 unspecified atom stereocenters. The zero-order chi connectivity index (χ0) is 19.7. The molecule has 0 saturated carbocycles. The lowest BCUT2D eigenvalue weighted by molar-refractivity contribution is 0.0416. The third-order valence-corrected chi connectivity index (χ3v) is 5.10. The van der Waals surface area contributed by atoms with Gasteiger partial charge in [0.25, 0.3) is 0 Å². The zero-order valence-electron chi connectivity index (χ0n) is 14.6. The van der Waals surface area contributed by atoms with Crippen molar-refractivity contribution < 1.29 is 23.8 Å². The highest BCUT2D eigenvalue weighted by Crippen LogP contribution is 2.35. The highest BCUT2D eigenvalue weighted by Gasteiger charge is 2.28. The molecule has 0 aromatic heterocycles. The van der Waals surface area contributed by atoms with E-state index in [0.29, 0.717) is 59.0 Å². The number of carbonyl (C=O) groups is 2. The number of ether oxygens (including phenoxy) is 3. The summed E-state index contributed by atoms with van der Waals surface area (Å²) < 4.78 is 16.3. The van der Waals surface area contributed by atoms with Crippen LogP contribution in [0.2, 0.25) is 10.0 Å². The fourth-order valence-electron chi connectivity index (χ4n) is 2.90. The van der Waals surface area contributed by atoms with Gasteiger partial charge in [0.1, 0.15) is 11.5 Å². The molecule has 1 amide bonds. The van der Waals surface area contributed by atoms with Crippen LogP contribution in [-0.2, 0) is 4.74 Å². The van der Waals surface area contributed by atoms with Gasteiger partial charge in [0.15, 0.2) is 5.76 Å². The summed E-state index contributed by atoms with van der Waals surface area (Å²) in [5, 5.41) is 0.814. The van der Waals surface area contributed by atoms with Crippen molar-refractivity contribution in [3.8, 4) is 11.5 Å². The minimum absolute atomic E-state index is 0.157. The maximum absolute atomic E-state index is 12.6. The lowest BCUT2D eigenvalue weighted by Crippen LogP contribution is -2.42. The van der Waals surface area contributed by atoms with Gasteiger partial charge in [0.05, 0.1) is 28.8 Å². The molecule has 0 N–H and O–H groups in total. The van der Waals surface area contributed by atoms with Gasteiger partial charge in [-0.1, -0.05) is 29.3 Å². The number of allylic oxidation sites excluding steroid dienone is 1. The molecule has 2 aromatic carbocycles. The molecule has 0 spiro atoms. The van der Waals surface area contributed by atoms with Crippen LogP contribution in [-0.4, -0.2) is 43.1 Å². The van der Waals surface area contributed by atoms with Crippen molar-refractivity contribution in [2.24, 2.45) is 0 Å². The first-order valence-corrected chi connectivity index (χ1v) is 9.35. The molecular weight excluding hydrogens is 405 g/mol. The highest BCUT2D eigenvalue weighted by atomic mass is 35.5. The minimum atomic E-state index is -0.459. The topological polar surface area (TPSA) is 65.1 Å². The van der Waals surface area contributed by atoms with Gasteiger partial charge in [-0.2, -0.15) is 0 Å². The molecule has 0 aliphatic carbocycles. The third-order valence-electron chi connectivity index (χ3n) is 4.36. The molecule has 1 fully saturated rings. The summed E-state index contributed by atoms with van der Waals surface area (Å²) >= 11 is 11.9. The number of morpholine rings is 1. The Morgan fingerprint density at radius 1 is 1.07 bits per heavy atom. The van der Waals surface area contributed by atoms with E-state index >= 15 is 0 Å². The van der Waals surface area contributed by atoms with E-state index in [4.69, 9.17) is 37.4 Å². The van der Waals surface area contributed by atoms with Crippen LogP contribution in [0, 0.1) is 0 Å². The van der Waals surface area contributed by atoms with Crippen molar-refractivity contribution in [1.82, 2.24) is 4.90 Å². The second-order valence-electron chi connectivity index (χ2n) is 6.24. The fourth-order valence-corrected chi connectivity index (χ4v) is 3.20. The fraction of sp³-hybridized carbons (Fsp3) is 0.200. The van der Waals surface area contributed by atoms with Crippen LogP contribution in [0.4, 0.5) is 4.79 Å². The number of carbonyl (C=O) groups excluding carboxylic acids is 2. The van der Waals surface area contributed by atoms with Crippen molar-refractivity contribution in [2.45, 2.75) is 0 Å². The Morgan fingerprint density at radius 3 is 2.61 bits per heavy atom. The van der Waals surface area contributed by atoms with E-state index in [2.05, 4.69) is 0 Å². The third kappa shape index (κ3) is 3.85. The predicted molar refractivity (Wildman–Crippen MR) is 104 cm³/mol. The van der Waals surface area contributed by atoms with E-state index in [9.17, 15) is 9.59 Å². The molecule has 2 heterocycles. The molecule has 28 heavy (non-hydrogen) atoms. The van der Waals surface area contributed by atoms with Gasteiger partial charge in [-0.3, -0.25) is 4.79 Å². The van der Waals surface area contributed by atoms with Crippen molar-refractivity contribution in [3.63, 3.8) is 0 Å². The maximum atomic E-state index is 12.6. The number of hydrogen-bond donors (Lipinski definition) is 0. The van der Waals surface area contributed by atoms with Crippen LogP contribution in [0.25, 0.3) is 6.08 Å². The Labute approximate surface area is 171 Å². The number of hydrogen-bond acceptors (Lipinski definition) is 5. The summed E-state index contributed by atoms with van der Waals surface area (Å²) in [5.41, 5.74) is 1.09. The summed E-state index contributed by atoms with van der Waals surface area (Å²) in [5.74, 6) is 0.541. The molecule has 0 radical (unpaired) electrons. The molecule has 6 nitrogen and oxygen atoms in total. The first-order valence-electron chi connectivity index (χ1n) is 8.59. The van der Waals surface area contributed by atoms with Gasteiger partial charge in [0, 0.05) is 19.2 Å². The van der Waals surface area contributed by atoms with E-state index in [-0.39, 0.29) is 11.5 Å². The van der Waals surface area contributed by atoms with E-state index in [1.165, 1.54) is 6.07 Å². The molecule has 1 saturated heterocycles. The van der Waals surface area contributed by atoms with Crippen LogP contribution in [0.1, 0.15) is 15.9 Å². The molecule has 0 atom stereocenters. The van der Waals surface area contributed by atoms with Crippen molar-refractivity contribution in [1.29, 1.82) is 0 Å². The average Bonchev–Trinajstić information content (AvgIpc) is 3.00.